The Balaban J connectivity index is 1.34. The molecule has 8 heteroatoms. The Kier molecular flexibility index (Phi) is 5.07. The Hall–Kier alpha value is -3.39. The summed E-state index contributed by atoms with van der Waals surface area (Å²) < 4.78 is 7.33. The second-order valence-corrected chi connectivity index (χ2v) is 8.22. The van der Waals surface area contributed by atoms with Crippen LogP contribution >= 0.6 is 0 Å². The van der Waals surface area contributed by atoms with Crippen LogP contribution in [-0.4, -0.2) is 38.6 Å². The van der Waals surface area contributed by atoms with Gasteiger partial charge in [0.15, 0.2) is 0 Å². The van der Waals surface area contributed by atoms with Crippen molar-refractivity contribution in [3.8, 4) is 0 Å². The van der Waals surface area contributed by atoms with Crippen molar-refractivity contribution in [2.24, 2.45) is 5.92 Å². The molecule has 31 heavy (non-hydrogen) atoms. The lowest BCUT2D eigenvalue weighted by Crippen LogP contribution is -2.49. The van der Waals surface area contributed by atoms with E-state index in [4.69, 9.17) is 9.52 Å². The summed E-state index contributed by atoms with van der Waals surface area (Å²) in [5.74, 6) is 1.55. The van der Waals surface area contributed by atoms with E-state index >= 15 is 0 Å². The fourth-order valence-corrected chi connectivity index (χ4v) is 4.70. The number of carbonyl (C=O) groups excluding carboxylic acids is 1. The summed E-state index contributed by atoms with van der Waals surface area (Å²) in [5, 5.41) is 12.3. The second-order valence-electron chi connectivity index (χ2n) is 8.22. The summed E-state index contributed by atoms with van der Waals surface area (Å²) in [6.07, 6.45) is 4.25. The number of aromatic nitrogens is 2. The second kappa shape index (κ2) is 8.03. The van der Waals surface area contributed by atoms with Crippen molar-refractivity contribution in [2.75, 3.05) is 18.4 Å². The van der Waals surface area contributed by atoms with Crippen LogP contribution in [0.3, 0.4) is 0 Å². The third-order valence-electron chi connectivity index (χ3n) is 6.13. The number of pyridine rings is 2. The molecule has 0 saturated carbocycles. The SMILES string of the molecule is O=C(c1cccnc1)N1CC2CC(C1)c1ccc(NCc3ccc(CO)o3)c(=O)n1C2. The van der Waals surface area contributed by atoms with E-state index in [1.54, 1.807) is 36.7 Å². The van der Waals surface area contributed by atoms with Gasteiger partial charge < -0.3 is 24.3 Å². The summed E-state index contributed by atoms with van der Waals surface area (Å²) >= 11 is 0. The number of rotatable bonds is 5. The molecular weight excluding hydrogens is 396 g/mol. The van der Waals surface area contributed by atoms with E-state index in [-0.39, 0.29) is 29.9 Å². The van der Waals surface area contributed by atoms with Crippen LogP contribution in [0.15, 0.2) is 58.0 Å². The number of hydrogen-bond donors (Lipinski definition) is 2. The lowest BCUT2D eigenvalue weighted by atomic mass is 9.83. The van der Waals surface area contributed by atoms with Crippen LogP contribution < -0.4 is 10.9 Å². The van der Waals surface area contributed by atoms with Crippen molar-refractivity contribution in [3.63, 3.8) is 0 Å². The number of aliphatic hydroxyl groups excluding tert-OH is 1. The van der Waals surface area contributed by atoms with Gasteiger partial charge in [-0.25, -0.2) is 0 Å². The van der Waals surface area contributed by atoms with E-state index in [0.717, 1.165) is 12.1 Å². The number of hydrogen-bond acceptors (Lipinski definition) is 6. The molecule has 2 unspecified atom stereocenters. The van der Waals surface area contributed by atoms with E-state index in [0.29, 0.717) is 49.0 Å². The largest absolute Gasteiger partial charge is 0.462 e. The van der Waals surface area contributed by atoms with Crippen LogP contribution in [0.2, 0.25) is 0 Å². The van der Waals surface area contributed by atoms with Crippen molar-refractivity contribution < 1.29 is 14.3 Å². The first-order chi connectivity index (χ1) is 15.1. The number of fused-ring (bicyclic) bond motifs is 4. The van der Waals surface area contributed by atoms with Crippen molar-refractivity contribution in [1.82, 2.24) is 14.5 Å². The lowest BCUT2D eigenvalue weighted by molar-refractivity contribution is 0.0594. The predicted molar refractivity (Wildman–Crippen MR) is 114 cm³/mol. The highest BCUT2D eigenvalue weighted by molar-refractivity contribution is 5.94. The molecule has 5 rings (SSSR count). The fourth-order valence-electron chi connectivity index (χ4n) is 4.70. The fraction of sp³-hybridized carbons (Fsp3) is 0.348. The average molecular weight is 420 g/mol. The van der Waals surface area contributed by atoms with Gasteiger partial charge in [-0.15, -0.1) is 0 Å². The number of carbonyl (C=O) groups is 1. The zero-order chi connectivity index (χ0) is 21.4. The number of aliphatic hydroxyl groups is 1. The molecule has 1 saturated heterocycles. The van der Waals surface area contributed by atoms with Gasteiger partial charge in [-0.2, -0.15) is 0 Å². The van der Waals surface area contributed by atoms with Gasteiger partial charge in [-0.1, -0.05) is 0 Å². The first-order valence-electron chi connectivity index (χ1n) is 10.5. The zero-order valence-corrected chi connectivity index (χ0v) is 17.0. The highest BCUT2D eigenvalue weighted by Crippen LogP contribution is 2.36. The molecule has 2 N–H and O–H groups in total. The van der Waals surface area contributed by atoms with Gasteiger partial charge in [0, 0.05) is 43.6 Å². The van der Waals surface area contributed by atoms with Gasteiger partial charge >= 0.3 is 0 Å². The molecule has 0 aliphatic carbocycles. The Morgan fingerprint density at radius 1 is 1.16 bits per heavy atom. The van der Waals surface area contributed by atoms with Crippen LogP contribution in [0.5, 0.6) is 0 Å². The normalized spacial score (nSPS) is 19.7. The molecule has 3 aromatic heterocycles. The van der Waals surface area contributed by atoms with Crippen LogP contribution in [0, 0.1) is 5.92 Å². The van der Waals surface area contributed by atoms with Crippen molar-refractivity contribution >= 4 is 11.6 Å². The minimum atomic E-state index is -0.148. The van der Waals surface area contributed by atoms with Gasteiger partial charge in [-0.05, 0) is 48.7 Å². The maximum atomic E-state index is 13.1. The third kappa shape index (κ3) is 3.74. The van der Waals surface area contributed by atoms with Crippen LogP contribution in [0.4, 0.5) is 5.69 Å². The number of piperidine rings is 1. The Morgan fingerprint density at radius 2 is 2.03 bits per heavy atom. The summed E-state index contributed by atoms with van der Waals surface area (Å²) in [6, 6.07) is 10.9. The van der Waals surface area contributed by atoms with E-state index in [1.165, 1.54) is 0 Å². The van der Waals surface area contributed by atoms with Crippen molar-refractivity contribution in [3.05, 3.63) is 81.9 Å². The highest BCUT2D eigenvalue weighted by atomic mass is 16.4. The van der Waals surface area contributed by atoms with Gasteiger partial charge in [0.2, 0.25) is 0 Å². The molecule has 0 radical (unpaired) electrons. The summed E-state index contributed by atoms with van der Waals surface area (Å²) in [7, 11) is 0. The van der Waals surface area contributed by atoms with Crippen LogP contribution in [0.1, 0.15) is 39.9 Å². The number of anilines is 1. The molecule has 1 fully saturated rings. The van der Waals surface area contributed by atoms with E-state index in [1.807, 2.05) is 21.6 Å². The summed E-state index contributed by atoms with van der Waals surface area (Å²) in [4.78, 5) is 31.9. The lowest BCUT2D eigenvalue weighted by Gasteiger charge is -2.42. The smallest absolute Gasteiger partial charge is 0.274 e. The third-order valence-corrected chi connectivity index (χ3v) is 6.13. The van der Waals surface area contributed by atoms with Crippen molar-refractivity contribution in [1.29, 1.82) is 0 Å². The standard InChI is InChI=1S/C23H24N4O4/c28-14-19-4-3-18(31-19)10-25-20-5-6-21-17-8-15(12-27(21)23(20)30)11-26(13-17)22(29)16-2-1-7-24-9-16/h1-7,9,15,17,25,28H,8,10-14H2. The molecule has 1 amide bonds. The molecule has 0 aromatic carbocycles. The highest BCUT2D eigenvalue weighted by Gasteiger charge is 2.36. The number of furan rings is 1. The molecule has 0 spiro atoms. The van der Waals surface area contributed by atoms with Gasteiger partial charge in [0.1, 0.15) is 23.8 Å². The maximum absolute atomic E-state index is 13.1. The molecule has 2 atom stereocenters. The minimum absolute atomic E-state index is 0.00224. The Labute approximate surface area is 179 Å². The van der Waals surface area contributed by atoms with E-state index < -0.39 is 0 Å². The maximum Gasteiger partial charge on any atom is 0.274 e. The molecule has 3 aromatic rings. The van der Waals surface area contributed by atoms with Crippen LogP contribution in [-0.2, 0) is 19.7 Å². The van der Waals surface area contributed by atoms with Crippen LogP contribution in [0.25, 0.3) is 0 Å². The molecule has 160 valence electrons. The minimum Gasteiger partial charge on any atom is -0.462 e. The Bertz CT molecular complexity index is 1150. The number of amides is 1. The first kappa shape index (κ1) is 19.6. The summed E-state index contributed by atoms with van der Waals surface area (Å²) in [5.41, 5.74) is 2.06. The molecular formula is C23H24N4O4. The number of nitrogens with zero attached hydrogens (tertiary/aromatic N) is 3. The Morgan fingerprint density at radius 3 is 2.81 bits per heavy atom. The summed E-state index contributed by atoms with van der Waals surface area (Å²) in [6.45, 7) is 2.07. The van der Waals surface area contributed by atoms with Gasteiger partial charge in [-0.3, -0.25) is 14.6 Å². The molecule has 8 nitrogen and oxygen atoms in total. The topological polar surface area (TPSA) is 101 Å². The number of nitrogens with one attached hydrogen (secondary N) is 1. The molecule has 2 aliphatic heterocycles. The monoisotopic (exact) mass is 420 g/mol. The molecule has 5 heterocycles. The zero-order valence-electron chi connectivity index (χ0n) is 17.0. The molecule has 2 bridgehead atoms. The van der Waals surface area contributed by atoms with Gasteiger partial charge in [0.05, 0.1) is 12.1 Å². The van der Waals surface area contributed by atoms with Gasteiger partial charge in [0.25, 0.3) is 11.5 Å². The van der Waals surface area contributed by atoms with Crippen molar-refractivity contribution in [2.45, 2.75) is 32.0 Å². The predicted octanol–water partition coefficient (Wildman–Crippen LogP) is 2.20. The van der Waals surface area contributed by atoms with E-state index in [2.05, 4.69) is 10.3 Å². The van der Waals surface area contributed by atoms with E-state index in [9.17, 15) is 9.59 Å². The first-order valence-corrected chi connectivity index (χ1v) is 10.5. The molecule has 2 aliphatic rings. The number of likely N-dealkylation sites (tertiary alicyclic amines) is 1. The average Bonchev–Trinajstić information content (AvgIpc) is 3.27. The quantitative estimate of drug-likeness (QED) is 0.656.